The fourth-order valence-corrected chi connectivity index (χ4v) is 4.05. The minimum absolute atomic E-state index is 0.00831. The molecule has 0 spiro atoms. The Morgan fingerprint density at radius 2 is 2.00 bits per heavy atom. The van der Waals surface area contributed by atoms with Crippen LogP contribution in [0, 0.1) is 5.41 Å². The number of nitrogen functional groups attached to an aromatic ring is 1. The van der Waals surface area contributed by atoms with E-state index in [0.717, 1.165) is 25.7 Å². The maximum absolute atomic E-state index is 12.3. The highest BCUT2D eigenvalue weighted by Crippen LogP contribution is 2.37. The van der Waals surface area contributed by atoms with Crippen molar-refractivity contribution in [2.45, 2.75) is 30.6 Å². The molecule has 0 unspecified atom stereocenters. The van der Waals surface area contributed by atoms with Crippen LogP contribution in [0.5, 0.6) is 0 Å². The molecule has 0 aliphatic heterocycles. The molecular formula is C13H19ClN2O3S. The summed E-state index contributed by atoms with van der Waals surface area (Å²) in [6, 6.07) is 4.29. The second-order valence-corrected chi connectivity index (χ2v) is 7.54. The van der Waals surface area contributed by atoms with Gasteiger partial charge < -0.3 is 10.8 Å². The normalized spacial score (nSPS) is 18.3. The second kappa shape index (κ2) is 5.89. The fraction of sp³-hybridized carbons (Fsp3) is 0.538. The molecular weight excluding hydrogens is 300 g/mol. The Balaban J connectivity index is 2.15. The monoisotopic (exact) mass is 318 g/mol. The Bertz CT molecular complexity index is 583. The van der Waals surface area contributed by atoms with Crippen LogP contribution in [0.15, 0.2) is 23.1 Å². The third kappa shape index (κ3) is 3.25. The lowest BCUT2D eigenvalue weighted by Crippen LogP contribution is -2.38. The quantitative estimate of drug-likeness (QED) is 0.721. The number of anilines is 1. The van der Waals surface area contributed by atoms with Crippen molar-refractivity contribution < 1.29 is 13.5 Å². The van der Waals surface area contributed by atoms with Crippen molar-refractivity contribution in [3.8, 4) is 0 Å². The van der Waals surface area contributed by atoms with Crippen LogP contribution in [-0.4, -0.2) is 26.7 Å². The number of nitrogens with two attached hydrogens (primary N) is 1. The number of nitrogens with one attached hydrogen (secondary N) is 1. The van der Waals surface area contributed by atoms with Crippen LogP contribution < -0.4 is 10.5 Å². The van der Waals surface area contributed by atoms with Crippen molar-refractivity contribution in [3.05, 3.63) is 23.2 Å². The number of aliphatic hydroxyl groups is 1. The first-order chi connectivity index (χ1) is 9.38. The van der Waals surface area contributed by atoms with Crippen LogP contribution in [0.2, 0.25) is 5.02 Å². The van der Waals surface area contributed by atoms with E-state index in [4.69, 9.17) is 17.3 Å². The average Bonchev–Trinajstić information content (AvgIpc) is 2.85. The number of halogens is 1. The van der Waals surface area contributed by atoms with Crippen molar-refractivity contribution >= 4 is 27.3 Å². The summed E-state index contributed by atoms with van der Waals surface area (Å²) in [5.41, 5.74) is 5.48. The van der Waals surface area contributed by atoms with Crippen molar-refractivity contribution in [2.24, 2.45) is 5.41 Å². The van der Waals surface area contributed by atoms with E-state index in [0.29, 0.717) is 5.02 Å². The van der Waals surface area contributed by atoms with Gasteiger partial charge in [0.25, 0.3) is 0 Å². The minimum atomic E-state index is -3.69. The zero-order chi connectivity index (χ0) is 14.8. The van der Waals surface area contributed by atoms with Gasteiger partial charge in [0.1, 0.15) is 4.90 Å². The summed E-state index contributed by atoms with van der Waals surface area (Å²) in [5.74, 6) is 0. The number of hydrogen-bond donors (Lipinski definition) is 3. The molecule has 1 aliphatic rings. The van der Waals surface area contributed by atoms with Gasteiger partial charge in [0.05, 0.1) is 5.69 Å². The van der Waals surface area contributed by atoms with Crippen LogP contribution in [0.25, 0.3) is 0 Å². The Hall–Kier alpha value is -0.820. The Kier molecular flexibility index (Phi) is 4.59. The summed E-state index contributed by atoms with van der Waals surface area (Å²) in [6.07, 6.45) is 3.71. The van der Waals surface area contributed by atoms with Crippen LogP contribution in [0.4, 0.5) is 5.69 Å². The molecule has 4 N–H and O–H groups in total. The highest BCUT2D eigenvalue weighted by atomic mass is 35.5. The molecule has 7 heteroatoms. The van der Waals surface area contributed by atoms with Gasteiger partial charge in [-0.3, -0.25) is 0 Å². The van der Waals surface area contributed by atoms with Gasteiger partial charge in [-0.1, -0.05) is 24.4 Å². The van der Waals surface area contributed by atoms with Crippen molar-refractivity contribution in [3.63, 3.8) is 0 Å². The van der Waals surface area contributed by atoms with Gasteiger partial charge in [-0.2, -0.15) is 0 Å². The smallest absolute Gasteiger partial charge is 0.242 e. The van der Waals surface area contributed by atoms with E-state index in [2.05, 4.69) is 4.72 Å². The van der Waals surface area contributed by atoms with Gasteiger partial charge in [0.2, 0.25) is 10.0 Å². The lowest BCUT2D eigenvalue weighted by atomic mass is 9.88. The number of sulfonamides is 1. The van der Waals surface area contributed by atoms with Gasteiger partial charge in [0.15, 0.2) is 0 Å². The maximum atomic E-state index is 12.3. The third-order valence-electron chi connectivity index (χ3n) is 3.90. The highest BCUT2D eigenvalue weighted by molar-refractivity contribution is 7.89. The summed E-state index contributed by atoms with van der Waals surface area (Å²) in [5, 5.41) is 9.89. The highest BCUT2D eigenvalue weighted by Gasteiger charge is 2.34. The predicted octanol–water partition coefficient (Wildman–Crippen LogP) is 1.75. The van der Waals surface area contributed by atoms with Gasteiger partial charge in [-0.25, -0.2) is 13.1 Å². The van der Waals surface area contributed by atoms with Crippen LogP contribution in [0.1, 0.15) is 25.7 Å². The second-order valence-electron chi connectivity index (χ2n) is 5.37. The predicted molar refractivity (Wildman–Crippen MR) is 79.0 cm³/mol. The van der Waals surface area contributed by atoms with Crippen LogP contribution >= 0.6 is 11.6 Å². The van der Waals surface area contributed by atoms with Crippen molar-refractivity contribution in [2.75, 3.05) is 18.9 Å². The summed E-state index contributed by atoms with van der Waals surface area (Å²) < 4.78 is 27.1. The number of hydrogen-bond acceptors (Lipinski definition) is 4. The average molecular weight is 319 g/mol. The zero-order valence-electron chi connectivity index (χ0n) is 11.1. The Morgan fingerprint density at radius 3 is 2.55 bits per heavy atom. The first-order valence-corrected chi connectivity index (χ1v) is 8.40. The SMILES string of the molecule is Nc1cc(Cl)ccc1S(=O)(=O)NCC1(CO)CCCC1. The molecule has 1 aromatic rings. The van der Waals surface area contributed by atoms with E-state index in [9.17, 15) is 13.5 Å². The maximum Gasteiger partial charge on any atom is 0.242 e. The van der Waals surface area contributed by atoms with Gasteiger partial charge in [-0.05, 0) is 31.0 Å². The van der Waals surface area contributed by atoms with E-state index < -0.39 is 10.0 Å². The van der Waals surface area contributed by atoms with Gasteiger partial charge >= 0.3 is 0 Å². The first-order valence-electron chi connectivity index (χ1n) is 6.54. The molecule has 5 nitrogen and oxygen atoms in total. The molecule has 1 saturated carbocycles. The molecule has 0 saturated heterocycles. The molecule has 2 rings (SSSR count). The summed E-state index contributed by atoms with van der Waals surface area (Å²) in [4.78, 5) is 0.0213. The molecule has 0 atom stereocenters. The molecule has 0 bridgehead atoms. The zero-order valence-corrected chi connectivity index (χ0v) is 12.7. The largest absolute Gasteiger partial charge is 0.398 e. The molecule has 0 aromatic heterocycles. The lowest BCUT2D eigenvalue weighted by Gasteiger charge is -2.26. The van der Waals surface area contributed by atoms with Gasteiger partial charge in [-0.15, -0.1) is 0 Å². The summed E-state index contributed by atoms with van der Waals surface area (Å²) >= 11 is 5.76. The lowest BCUT2D eigenvalue weighted by molar-refractivity contribution is 0.134. The van der Waals surface area contributed by atoms with Gasteiger partial charge in [0, 0.05) is 23.6 Å². The van der Waals surface area contributed by atoms with E-state index in [1.54, 1.807) is 0 Å². The Labute approximate surface area is 124 Å². The molecule has 112 valence electrons. The molecule has 20 heavy (non-hydrogen) atoms. The summed E-state index contributed by atoms with van der Waals surface area (Å²) in [7, 11) is -3.69. The molecule has 0 amide bonds. The standard InChI is InChI=1S/C13H19ClN2O3S/c14-10-3-4-12(11(15)7-10)20(18,19)16-8-13(9-17)5-1-2-6-13/h3-4,7,16-17H,1-2,5-6,8-9,15H2. The molecule has 1 fully saturated rings. The van der Waals surface area contributed by atoms with E-state index in [-0.39, 0.29) is 29.1 Å². The van der Waals surface area contributed by atoms with Crippen molar-refractivity contribution in [1.82, 2.24) is 4.72 Å². The van der Waals surface area contributed by atoms with Crippen LogP contribution in [0.3, 0.4) is 0 Å². The minimum Gasteiger partial charge on any atom is -0.398 e. The van der Waals surface area contributed by atoms with E-state index in [1.807, 2.05) is 0 Å². The Morgan fingerprint density at radius 1 is 1.35 bits per heavy atom. The summed E-state index contributed by atoms with van der Waals surface area (Å²) in [6.45, 7) is 0.222. The fourth-order valence-electron chi connectivity index (χ4n) is 2.61. The molecule has 1 aliphatic carbocycles. The molecule has 1 aromatic carbocycles. The number of rotatable bonds is 5. The van der Waals surface area contributed by atoms with E-state index in [1.165, 1.54) is 18.2 Å². The van der Waals surface area contributed by atoms with E-state index >= 15 is 0 Å². The van der Waals surface area contributed by atoms with Crippen molar-refractivity contribution in [1.29, 1.82) is 0 Å². The number of aliphatic hydroxyl groups excluding tert-OH is 1. The first kappa shape index (κ1) is 15.6. The third-order valence-corrected chi connectivity index (χ3v) is 5.61. The molecule has 0 radical (unpaired) electrons. The topological polar surface area (TPSA) is 92.4 Å². The number of benzene rings is 1. The van der Waals surface area contributed by atoms with Crippen LogP contribution in [-0.2, 0) is 10.0 Å². The molecule has 0 heterocycles.